The molecular formula is C21H25N5O2S2. The van der Waals surface area contributed by atoms with Gasteiger partial charge in [0.15, 0.2) is 0 Å². The van der Waals surface area contributed by atoms with Crippen LogP contribution in [-0.4, -0.2) is 28.5 Å². The van der Waals surface area contributed by atoms with E-state index in [4.69, 9.17) is 4.74 Å². The molecule has 7 nitrogen and oxygen atoms in total. The fraction of sp³-hybridized carbons (Fsp3) is 0.286. The van der Waals surface area contributed by atoms with E-state index in [9.17, 15) is 4.79 Å². The standard InChI is InChI=1S/C21H25N5O2S2/c1-15-9-10-18(16(2)13-15)28-12-6-11-22-19(27)24-25-20-23-21(26-30-20)29-14-17-7-4-3-5-8-17/h3-5,7-10,13H,6,11-12,14H2,1-2H3,(H2,22,24,27)(H,23,25,26). The molecule has 0 radical (unpaired) electrons. The Morgan fingerprint density at radius 2 is 2.00 bits per heavy atom. The van der Waals surface area contributed by atoms with E-state index in [1.54, 1.807) is 11.8 Å². The number of hydrazine groups is 1. The van der Waals surface area contributed by atoms with Gasteiger partial charge in [0.25, 0.3) is 0 Å². The summed E-state index contributed by atoms with van der Waals surface area (Å²) in [5.41, 5.74) is 8.89. The molecule has 0 saturated carbocycles. The van der Waals surface area contributed by atoms with Crippen molar-refractivity contribution >= 4 is 34.5 Å². The second-order valence-electron chi connectivity index (χ2n) is 6.63. The van der Waals surface area contributed by atoms with Gasteiger partial charge < -0.3 is 10.1 Å². The van der Waals surface area contributed by atoms with Crippen LogP contribution < -0.4 is 20.9 Å². The molecule has 1 heterocycles. The Labute approximate surface area is 184 Å². The smallest absolute Gasteiger partial charge is 0.333 e. The van der Waals surface area contributed by atoms with Crippen molar-refractivity contribution < 1.29 is 9.53 Å². The number of carbonyl (C=O) groups excluding carboxylic acids is 1. The maximum absolute atomic E-state index is 11.9. The minimum Gasteiger partial charge on any atom is -0.493 e. The quantitative estimate of drug-likeness (QED) is 0.242. The van der Waals surface area contributed by atoms with Crippen molar-refractivity contribution in [3.05, 3.63) is 65.2 Å². The van der Waals surface area contributed by atoms with Gasteiger partial charge in [0.05, 0.1) is 6.61 Å². The Kier molecular flexibility index (Phi) is 8.34. The average Bonchev–Trinajstić information content (AvgIpc) is 3.20. The Morgan fingerprint density at radius 3 is 2.80 bits per heavy atom. The highest BCUT2D eigenvalue weighted by Gasteiger charge is 2.06. The number of aromatic nitrogens is 2. The molecule has 0 spiro atoms. The Hall–Kier alpha value is -2.78. The third kappa shape index (κ3) is 7.23. The molecule has 0 saturated heterocycles. The summed E-state index contributed by atoms with van der Waals surface area (Å²) in [6.07, 6.45) is 0.708. The van der Waals surface area contributed by atoms with Crippen LogP contribution in [0.3, 0.4) is 0 Å². The highest BCUT2D eigenvalue weighted by Crippen LogP contribution is 2.23. The maximum Gasteiger partial charge on any atom is 0.333 e. The molecule has 0 aliphatic rings. The van der Waals surface area contributed by atoms with Gasteiger partial charge in [-0.3, -0.25) is 5.43 Å². The number of hydrogen-bond donors (Lipinski definition) is 3. The van der Waals surface area contributed by atoms with Crippen molar-refractivity contribution in [2.45, 2.75) is 31.2 Å². The molecule has 1 aromatic heterocycles. The number of nitrogens with zero attached hydrogens (tertiary/aromatic N) is 2. The Balaban J connectivity index is 1.29. The molecule has 0 aliphatic carbocycles. The lowest BCUT2D eigenvalue weighted by Gasteiger charge is -2.10. The third-order valence-electron chi connectivity index (χ3n) is 4.10. The average molecular weight is 444 g/mol. The van der Waals surface area contributed by atoms with E-state index >= 15 is 0 Å². The van der Waals surface area contributed by atoms with Crippen molar-refractivity contribution in [3.8, 4) is 5.75 Å². The van der Waals surface area contributed by atoms with Crippen LogP contribution in [0.5, 0.6) is 5.75 Å². The Morgan fingerprint density at radius 1 is 1.17 bits per heavy atom. The van der Waals surface area contributed by atoms with E-state index in [-0.39, 0.29) is 6.03 Å². The van der Waals surface area contributed by atoms with Crippen LogP contribution in [0.4, 0.5) is 9.93 Å². The third-order valence-corrected chi connectivity index (χ3v) is 5.76. The first-order valence-corrected chi connectivity index (χ1v) is 11.4. The van der Waals surface area contributed by atoms with Crippen LogP contribution in [0.15, 0.2) is 53.7 Å². The topological polar surface area (TPSA) is 88.2 Å². The van der Waals surface area contributed by atoms with E-state index < -0.39 is 0 Å². The highest BCUT2D eigenvalue weighted by atomic mass is 32.2. The molecule has 2 amide bonds. The van der Waals surface area contributed by atoms with Gasteiger partial charge in [-0.05, 0) is 37.5 Å². The van der Waals surface area contributed by atoms with Gasteiger partial charge in [-0.25, -0.2) is 10.2 Å². The number of anilines is 1. The molecule has 0 bridgehead atoms. The summed E-state index contributed by atoms with van der Waals surface area (Å²) in [6, 6.07) is 15.9. The van der Waals surface area contributed by atoms with Crippen LogP contribution in [0, 0.1) is 13.8 Å². The zero-order valence-electron chi connectivity index (χ0n) is 17.0. The number of hydrogen-bond acceptors (Lipinski definition) is 7. The number of aryl methyl sites for hydroxylation is 2. The summed E-state index contributed by atoms with van der Waals surface area (Å²) in [7, 11) is 0. The van der Waals surface area contributed by atoms with E-state index in [1.165, 1.54) is 22.7 Å². The lowest BCUT2D eigenvalue weighted by atomic mass is 10.1. The monoisotopic (exact) mass is 443 g/mol. The van der Waals surface area contributed by atoms with E-state index in [0.717, 1.165) is 17.1 Å². The second-order valence-corrected chi connectivity index (χ2v) is 8.33. The van der Waals surface area contributed by atoms with Gasteiger partial charge in [-0.2, -0.15) is 9.36 Å². The zero-order valence-corrected chi connectivity index (χ0v) is 18.6. The molecule has 0 unspecified atom stereocenters. The van der Waals surface area contributed by atoms with Crippen LogP contribution in [0.1, 0.15) is 23.1 Å². The first-order valence-electron chi connectivity index (χ1n) is 9.60. The number of thioether (sulfide) groups is 1. The zero-order chi connectivity index (χ0) is 21.2. The molecule has 158 valence electrons. The number of amides is 2. The summed E-state index contributed by atoms with van der Waals surface area (Å²) in [6.45, 7) is 5.13. The molecule has 30 heavy (non-hydrogen) atoms. The minimum absolute atomic E-state index is 0.324. The number of carbonyl (C=O) groups is 1. The molecule has 2 aromatic carbocycles. The van der Waals surface area contributed by atoms with Crippen LogP contribution in [-0.2, 0) is 5.75 Å². The predicted molar refractivity (Wildman–Crippen MR) is 122 cm³/mol. The molecule has 9 heteroatoms. The maximum atomic E-state index is 11.9. The Bertz CT molecular complexity index is 950. The van der Waals surface area contributed by atoms with Gasteiger partial charge in [0.2, 0.25) is 10.3 Å². The van der Waals surface area contributed by atoms with E-state index in [2.05, 4.69) is 50.6 Å². The number of benzene rings is 2. The first kappa shape index (κ1) is 21.9. The van der Waals surface area contributed by atoms with Crippen molar-refractivity contribution in [1.82, 2.24) is 20.1 Å². The van der Waals surface area contributed by atoms with Crippen molar-refractivity contribution in [2.24, 2.45) is 0 Å². The predicted octanol–water partition coefficient (Wildman–Crippen LogP) is 4.54. The molecule has 0 atom stereocenters. The number of nitrogens with one attached hydrogen (secondary N) is 3. The molecular weight excluding hydrogens is 418 g/mol. The largest absolute Gasteiger partial charge is 0.493 e. The van der Waals surface area contributed by atoms with Crippen molar-refractivity contribution in [3.63, 3.8) is 0 Å². The molecule has 3 N–H and O–H groups in total. The molecule has 3 aromatic rings. The summed E-state index contributed by atoms with van der Waals surface area (Å²) >= 11 is 2.76. The van der Waals surface area contributed by atoms with Gasteiger partial charge >= 0.3 is 6.03 Å². The molecule has 3 rings (SSSR count). The molecule has 0 fully saturated rings. The van der Waals surface area contributed by atoms with Crippen molar-refractivity contribution in [1.29, 1.82) is 0 Å². The van der Waals surface area contributed by atoms with Gasteiger partial charge in [-0.15, -0.1) is 0 Å². The summed E-state index contributed by atoms with van der Waals surface area (Å²) < 4.78 is 10.0. The van der Waals surface area contributed by atoms with Gasteiger partial charge in [-0.1, -0.05) is 59.8 Å². The normalized spacial score (nSPS) is 10.5. The van der Waals surface area contributed by atoms with Gasteiger partial charge in [0.1, 0.15) is 5.75 Å². The lowest BCUT2D eigenvalue weighted by molar-refractivity contribution is 0.241. The SMILES string of the molecule is Cc1ccc(OCCCNC(=O)NNc2nc(SCc3ccccc3)ns2)c(C)c1. The fourth-order valence-corrected chi connectivity index (χ4v) is 4.07. The lowest BCUT2D eigenvalue weighted by Crippen LogP contribution is -2.39. The number of rotatable bonds is 10. The first-order chi connectivity index (χ1) is 14.6. The summed E-state index contributed by atoms with van der Waals surface area (Å²) in [4.78, 5) is 16.2. The molecule has 0 aliphatic heterocycles. The summed E-state index contributed by atoms with van der Waals surface area (Å²) in [5.74, 6) is 1.68. The van der Waals surface area contributed by atoms with Crippen LogP contribution >= 0.6 is 23.3 Å². The van der Waals surface area contributed by atoms with Crippen molar-refractivity contribution in [2.75, 3.05) is 18.6 Å². The number of ether oxygens (including phenoxy) is 1. The summed E-state index contributed by atoms with van der Waals surface area (Å²) in [5, 5.41) is 3.99. The van der Waals surface area contributed by atoms with Crippen LogP contribution in [0.25, 0.3) is 0 Å². The van der Waals surface area contributed by atoms with Gasteiger partial charge in [0, 0.05) is 23.8 Å². The minimum atomic E-state index is -0.324. The van der Waals surface area contributed by atoms with E-state index in [0.29, 0.717) is 29.9 Å². The fourth-order valence-electron chi connectivity index (χ4n) is 2.61. The van der Waals surface area contributed by atoms with E-state index in [1.807, 2.05) is 37.3 Å². The number of urea groups is 1. The highest BCUT2D eigenvalue weighted by molar-refractivity contribution is 7.98. The van der Waals surface area contributed by atoms with Crippen LogP contribution in [0.2, 0.25) is 0 Å². The second kappa shape index (κ2) is 11.4.